The van der Waals surface area contributed by atoms with Gasteiger partial charge in [-0.05, 0) is 37.6 Å². The molecule has 0 saturated heterocycles. The highest BCUT2D eigenvalue weighted by Crippen LogP contribution is 2.17. The predicted octanol–water partition coefficient (Wildman–Crippen LogP) is 0.918. The summed E-state index contributed by atoms with van der Waals surface area (Å²) >= 11 is 0. The number of hydrogen-bond acceptors (Lipinski definition) is 4. The molecule has 1 aromatic rings. The van der Waals surface area contributed by atoms with Gasteiger partial charge in [-0.2, -0.15) is 0 Å². The minimum atomic E-state index is -1.02. The standard InChI is InChI=1S/C13H16N2O5/c1-3-14-13(19)15-11(16)7-20-9-4-5-10(12(17)18)8(2)6-9/h4-6H,3,7H2,1-2H3,(H,17,18)(H2,14,15,16,19). The molecule has 20 heavy (non-hydrogen) atoms. The molecular formula is C13H16N2O5. The van der Waals surface area contributed by atoms with E-state index in [1.807, 2.05) is 0 Å². The highest BCUT2D eigenvalue weighted by atomic mass is 16.5. The van der Waals surface area contributed by atoms with Crippen LogP contribution in [0.2, 0.25) is 0 Å². The Balaban J connectivity index is 2.54. The van der Waals surface area contributed by atoms with Crippen LogP contribution in [0.5, 0.6) is 5.75 Å². The molecule has 3 N–H and O–H groups in total. The molecule has 7 nitrogen and oxygen atoms in total. The summed E-state index contributed by atoms with van der Waals surface area (Å²) in [5, 5.41) is 13.4. The molecular weight excluding hydrogens is 264 g/mol. The second-order valence-corrected chi connectivity index (χ2v) is 3.98. The summed E-state index contributed by atoms with van der Waals surface area (Å²) in [6.45, 7) is 3.44. The zero-order valence-electron chi connectivity index (χ0n) is 11.2. The van der Waals surface area contributed by atoms with E-state index >= 15 is 0 Å². The molecule has 0 aromatic heterocycles. The lowest BCUT2D eigenvalue weighted by Gasteiger charge is -2.08. The number of carbonyl (C=O) groups excluding carboxylic acids is 2. The second kappa shape index (κ2) is 7.13. The maximum atomic E-state index is 11.4. The Labute approximate surface area is 115 Å². The highest BCUT2D eigenvalue weighted by Gasteiger charge is 2.10. The zero-order chi connectivity index (χ0) is 15.1. The minimum Gasteiger partial charge on any atom is -0.484 e. The van der Waals surface area contributed by atoms with Crippen molar-refractivity contribution >= 4 is 17.9 Å². The van der Waals surface area contributed by atoms with Crippen molar-refractivity contribution in [1.82, 2.24) is 10.6 Å². The fraction of sp³-hybridized carbons (Fsp3) is 0.308. The summed E-state index contributed by atoms with van der Waals surface area (Å²) < 4.78 is 5.18. The monoisotopic (exact) mass is 280 g/mol. The Kier molecular flexibility index (Phi) is 5.52. The first-order chi connectivity index (χ1) is 9.43. The summed E-state index contributed by atoms with van der Waals surface area (Å²) in [6, 6.07) is 3.78. The van der Waals surface area contributed by atoms with Gasteiger partial charge in [-0.3, -0.25) is 10.1 Å². The van der Waals surface area contributed by atoms with E-state index in [2.05, 4.69) is 10.6 Å². The van der Waals surface area contributed by atoms with Gasteiger partial charge in [-0.1, -0.05) is 0 Å². The number of urea groups is 1. The predicted molar refractivity (Wildman–Crippen MR) is 70.8 cm³/mol. The first-order valence-corrected chi connectivity index (χ1v) is 5.98. The van der Waals surface area contributed by atoms with Crippen LogP contribution in [-0.4, -0.2) is 36.2 Å². The van der Waals surface area contributed by atoms with E-state index in [0.29, 0.717) is 17.9 Å². The highest BCUT2D eigenvalue weighted by molar-refractivity contribution is 5.95. The normalized spacial score (nSPS) is 9.70. The molecule has 0 heterocycles. The Bertz CT molecular complexity index is 527. The van der Waals surface area contributed by atoms with Gasteiger partial charge in [0.05, 0.1) is 5.56 Å². The summed E-state index contributed by atoms with van der Waals surface area (Å²) in [6.07, 6.45) is 0. The minimum absolute atomic E-state index is 0.170. The first-order valence-electron chi connectivity index (χ1n) is 5.98. The summed E-state index contributed by atoms with van der Waals surface area (Å²) in [7, 11) is 0. The molecule has 0 aliphatic heterocycles. The van der Waals surface area contributed by atoms with E-state index in [9.17, 15) is 14.4 Å². The Hall–Kier alpha value is -2.57. The molecule has 1 aromatic carbocycles. The van der Waals surface area contributed by atoms with E-state index < -0.39 is 17.9 Å². The lowest BCUT2D eigenvalue weighted by atomic mass is 10.1. The third-order valence-electron chi connectivity index (χ3n) is 2.39. The van der Waals surface area contributed by atoms with Crippen molar-refractivity contribution in [1.29, 1.82) is 0 Å². The van der Waals surface area contributed by atoms with E-state index in [-0.39, 0.29) is 12.2 Å². The van der Waals surface area contributed by atoms with Gasteiger partial charge in [-0.25, -0.2) is 9.59 Å². The fourth-order valence-electron chi connectivity index (χ4n) is 1.48. The number of ether oxygens (including phenoxy) is 1. The van der Waals surface area contributed by atoms with Gasteiger partial charge in [0.15, 0.2) is 6.61 Å². The number of carbonyl (C=O) groups is 3. The van der Waals surface area contributed by atoms with Crippen molar-refractivity contribution in [3.05, 3.63) is 29.3 Å². The Morgan fingerprint density at radius 2 is 2.00 bits per heavy atom. The van der Waals surface area contributed by atoms with Crippen LogP contribution in [0.25, 0.3) is 0 Å². The number of carboxylic acids is 1. The Morgan fingerprint density at radius 1 is 1.30 bits per heavy atom. The molecule has 0 fully saturated rings. The van der Waals surface area contributed by atoms with E-state index in [0.717, 1.165) is 0 Å². The van der Waals surface area contributed by atoms with Crippen LogP contribution in [-0.2, 0) is 4.79 Å². The number of benzene rings is 1. The smallest absolute Gasteiger partial charge is 0.335 e. The molecule has 0 bridgehead atoms. The summed E-state index contributed by atoms with van der Waals surface area (Å²) in [5.74, 6) is -1.25. The number of amides is 3. The largest absolute Gasteiger partial charge is 0.484 e. The molecule has 0 aliphatic carbocycles. The third-order valence-corrected chi connectivity index (χ3v) is 2.39. The van der Waals surface area contributed by atoms with Crippen LogP contribution in [0, 0.1) is 6.92 Å². The number of carboxylic acid groups (broad SMARTS) is 1. The van der Waals surface area contributed by atoms with Crippen LogP contribution in [0.1, 0.15) is 22.8 Å². The quantitative estimate of drug-likeness (QED) is 0.743. The van der Waals surface area contributed by atoms with Crippen molar-refractivity contribution in [3.8, 4) is 5.75 Å². The van der Waals surface area contributed by atoms with E-state index in [4.69, 9.17) is 9.84 Å². The Morgan fingerprint density at radius 3 is 2.55 bits per heavy atom. The van der Waals surface area contributed by atoms with E-state index in [1.165, 1.54) is 18.2 Å². The van der Waals surface area contributed by atoms with Crippen molar-refractivity contribution < 1.29 is 24.2 Å². The van der Waals surface area contributed by atoms with E-state index in [1.54, 1.807) is 13.8 Å². The molecule has 108 valence electrons. The first kappa shape index (κ1) is 15.5. The van der Waals surface area contributed by atoms with Crippen LogP contribution in [0.4, 0.5) is 4.79 Å². The molecule has 0 radical (unpaired) electrons. The topological polar surface area (TPSA) is 105 Å². The molecule has 0 aliphatic rings. The maximum Gasteiger partial charge on any atom is 0.335 e. The number of hydrogen-bond donors (Lipinski definition) is 3. The molecule has 7 heteroatoms. The number of aromatic carboxylic acids is 1. The van der Waals surface area contributed by atoms with Crippen molar-refractivity contribution in [3.63, 3.8) is 0 Å². The number of nitrogens with one attached hydrogen (secondary N) is 2. The van der Waals surface area contributed by atoms with Gasteiger partial charge in [0.25, 0.3) is 5.91 Å². The summed E-state index contributed by atoms with van der Waals surface area (Å²) in [5.41, 5.74) is 0.697. The number of imide groups is 1. The van der Waals surface area contributed by atoms with Gasteiger partial charge in [0.1, 0.15) is 5.75 Å². The van der Waals surface area contributed by atoms with Gasteiger partial charge in [0.2, 0.25) is 0 Å². The second-order valence-electron chi connectivity index (χ2n) is 3.98. The van der Waals surface area contributed by atoms with Crippen molar-refractivity contribution in [2.24, 2.45) is 0 Å². The fourth-order valence-corrected chi connectivity index (χ4v) is 1.48. The molecule has 3 amide bonds. The SMILES string of the molecule is CCNC(=O)NC(=O)COc1ccc(C(=O)O)c(C)c1. The molecule has 0 saturated carbocycles. The van der Waals surface area contributed by atoms with Gasteiger partial charge < -0.3 is 15.2 Å². The molecule has 0 unspecified atom stereocenters. The number of aryl methyl sites for hydroxylation is 1. The van der Waals surface area contributed by atoms with Crippen molar-refractivity contribution in [2.75, 3.05) is 13.2 Å². The van der Waals surface area contributed by atoms with Crippen molar-refractivity contribution in [2.45, 2.75) is 13.8 Å². The lowest BCUT2D eigenvalue weighted by molar-refractivity contribution is -0.122. The third kappa shape index (κ3) is 4.60. The van der Waals surface area contributed by atoms with Crippen LogP contribution in [0.3, 0.4) is 0 Å². The number of rotatable bonds is 5. The van der Waals surface area contributed by atoms with Crippen LogP contribution < -0.4 is 15.4 Å². The lowest BCUT2D eigenvalue weighted by Crippen LogP contribution is -2.41. The maximum absolute atomic E-state index is 11.4. The van der Waals surface area contributed by atoms with Gasteiger partial charge in [0, 0.05) is 6.54 Å². The zero-order valence-corrected chi connectivity index (χ0v) is 11.2. The van der Waals surface area contributed by atoms with Gasteiger partial charge >= 0.3 is 12.0 Å². The molecule has 0 spiro atoms. The molecule has 0 atom stereocenters. The molecule has 1 rings (SSSR count). The average molecular weight is 280 g/mol. The average Bonchev–Trinajstić information content (AvgIpc) is 2.36. The van der Waals surface area contributed by atoms with Gasteiger partial charge in [-0.15, -0.1) is 0 Å². The van der Waals surface area contributed by atoms with Crippen LogP contribution in [0.15, 0.2) is 18.2 Å². The van der Waals surface area contributed by atoms with Crippen LogP contribution >= 0.6 is 0 Å². The summed E-state index contributed by atoms with van der Waals surface area (Å²) in [4.78, 5) is 33.3.